The van der Waals surface area contributed by atoms with Crippen LogP contribution in [0.3, 0.4) is 0 Å². The molecule has 9 heteroatoms. The number of aromatic nitrogens is 2. The van der Waals surface area contributed by atoms with Crippen molar-refractivity contribution in [3.05, 3.63) is 42.0 Å². The maximum absolute atomic E-state index is 12.5. The van der Waals surface area contributed by atoms with E-state index in [-0.39, 0.29) is 11.7 Å². The van der Waals surface area contributed by atoms with E-state index in [1.807, 2.05) is 43.3 Å². The van der Waals surface area contributed by atoms with Gasteiger partial charge in [-0.05, 0) is 42.8 Å². The number of ether oxygens (including phenoxy) is 3. The van der Waals surface area contributed by atoms with Crippen molar-refractivity contribution in [3.8, 4) is 17.2 Å². The summed E-state index contributed by atoms with van der Waals surface area (Å²) >= 11 is 2.80. The number of thioether (sulfide) groups is 1. The van der Waals surface area contributed by atoms with Crippen LogP contribution in [0.5, 0.6) is 17.2 Å². The van der Waals surface area contributed by atoms with E-state index < -0.39 is 0 Å². The van der Waals surface area contributed by atoms with Crippen LogP contribution in [0.2, 0.25) is 0 Å². The first-order chi connectivity index (χ1) is 15.0. The summed E-state index contributed by atoms with van der Waals surface area (Å²) < 4.78 is 16.9. The Morgan fingerprint density at radius 2 is 1.77 bits per heavy atom. The van der Waals surface area contributed by atoms with Gasteiger partial charge in [0.1, 0.15) is 10.8 Å². The minimum Gasteiger partial charge on any atom is -0.497 e. The number of thiazole rings is 1. The summed E-state index contributed by atoms with van der Waals surface area (Å²) in [6.45, 7) is 1.98. The molecule has 31 heavy (non-hydrogen) atoms. The fourth-order valence-electron chi connectivity index (χ4n) is 3.11. The van der Waals surface area contributed by atoms with Crippen LogP contribution in [-0.4, -0.2) is 43.0 Å². The Labute approximate surface area is 187 Å². The fraction of sp³-hybridized carbons (Fsp3) is 0.227. The first kappa shape index (κ1) is 21.2. The number of nitrogens with zero attached hydrogens (tertiary/aromatic N) is 2. The third-order valence-electron chi connectivity index (χ3n) is 4.65. The lowest BCUT2D eigenvalue weighted by Gasteiger charge is -2.11. The van der Waals surface area contributed by atoms with Gasteiger partial charge in [0.25, 0.3) is 0 Å². The highest BCUT2D eigenvalue weighted by molar-refractivity contribution is 8.00. The number of hydrogen-bond acceptors (Lipinski definition) is 8. The zero-order chi connectivity index (χ0) is 22.0. The number of aryl methyl sites for hydroxylation is 1. The molecule has 0 aliphatic carbocycles. The summed E-state index contributed by atoms with van der Waals surface area (Å²) in [4.78, 5) is 21.7. The van der Waals surface area contributed by atoms with E-state index >= 15 is 0 Å². The highest BCUT2D eigenvalue weighted by Gasteiger charge is 2.13. The number of carbonyl (C=O) groups is 1. The van der Waals surface area contributed by atoms with Crippen molar-refractivity contribution in [1.82, 2.24) is 9.97 Å². The molecular weight excluding hydrogens is 434 g/mol. The van der Waals surface area contributed by atoms with Gasteiger partial charge in [-0.1, -0.05) is 23.1 Å². The molecule has 4 aromatic rings. The molecule has 0 unspecified atom stereocenters. The summed E-state index contributed by atoms with van der Waals surface area (Å²) in [6.07, 6.45) is 0. The topological polar surface area (TPSA) is 82.6 Å². The average Bonchev–Trinajstić information content (AvgIpc) is 3.17. The second-order valence-electron chi connectivity index (χ2n) is 6.70. The average molecular weight is 456 g/mol. The van der Waals surface area contributed by atoms with E-state index in [4.69, 9.17) is 19.2 Å². The Morgan fingerprint density at radius 1 is 1.00 bits per heavy atom. The van der Waals surface area contributed by atoms with E-state index in [1.54, 1.807) is 21.3 Å². The molecule has 1 amide bonds. The quantitative estimate of drug-likeness (QED) is 0.397. The maximum atomic E-state index is 12.5. The summed E-state index contributed by atoms with van der Waals surface area (Å²) in [5.41, 5.74) is 2.60. The van der Waals surface area contributed by atoms with Crippen molar-refractivity contribution in [2.45, 2.75) is 11.9 Å². The van der Waals surface area contributed by atoms with Crippen LogP contribution in [0, 0.1) is 6.92 Å². The second-order valence-corrected chi connectivity index (χ2v) is 8.69. The highest BCUT2D eigenvalue weighted by Crippen LogP contribution is 2.34. The highest BCUT2D eigenvalue weighted by atomic mass is 32.2. The third kappa shape index (κ3) is 4.52. The zero-order valence-corrected chi connectivity index (χ0v) is 19.1. The van der Waals surface area contributed by atoms with Crippen LogP contribution in [0.25, 0.3) is 21.1 Å². The monoisotopic (exact) mass is 455 g/mol. The van der Waals surface area contributed by atoms with Gasteiger partial charge in [0.05, 0.1) is 42.8 Å². The normalized spacial score (nSPS) is 11.0. The number of hydrogen-bond donors (Lipinski definition) is 1. The van der Waals surface area contributed by atoms with Gasteiger partial charge in [0, 0.05) is 11.5 Å². The molecule has 0 saturated carbocycles. The number of rotatable bonds is 7. The van der Waals surface area contributed by atoms with Gasteiger partial charge in [-0.25, -0.2) is 9.97 Å². The number of benzene rings is 2. The molecule has 0 bridgehead atoms. The molecular formula is C22H21N3O4S2. The van der Waals surface area contributed by atoms with Crippen molar-refractivity contribution in [3.63, 3.8) is 0 Å². The maximum Gasteiger partial charge on any atom is 0.236 e. The zero-order valence-electron chi connectivity index (χ0n) is 17.5. The molecule has 4 rings (SSSR count). The Balaban J connectivity index is 1.48. The van der Waals surface area contributed by atoms with E-state index in [0.717, 1.165) is 37.5 Å². The molecule has 0 aliphatic heterocycles. The first-order valence-electron chi connectivity index (χ1n) is 9.41. The molecule has 0 fully saturated rings. The Kier molecular flexibility index (Phi) is 6.15. The molecule has 2 aromatic carbocycles. The molecule has 0 radical (unpaired) electrons. The summed E-state index contributed by atoms with van der Waals surface area (Å²) in [6, 6.07) is 11.4. The standard InChI is InChI=1S/C22H21N3O4S2/c1-12-7-13-8-17(28-3)18(29-4)10-16(13)23-21(12)30-11-20(26)25-22-24-15-6-5-14(27-2)9-19(15)31-22/h5-10H,11H2,1-4H3,(H,24,25,26). The van der Waals surface area contributed by atoms with Crippen LogP contribution in [-0.2, 0) is 4.79 Å². The van der Waals surface area contributed by atoms with Gasteiger partial charge < -0.3 is 19.5 Å². The molecule has 7 nitrogen and oxygen atoms in total. The SMILES string of the molecule is COc1ccc2nc(NC(=O)CSc3nc4cc(OC)c(OC)cc4cc3C)sc2c1. The van der Waals surface area contributed by atoms with Crippen LogP contribution < -0.4 is 19.5 Å². The van der Waals surface area contributed by atoms with Gasteiger partial charge in [0.15, 0.2) is 16.6 Å². The number of nitrogens with one attached hydrogen (secondary N) is 1. The van der Waals surface area contributed by atoms with E-state index in [0.29, 0.717) is 16.6 Å². The van der Waals surface area contributed by atoms with Crippen LogP contribution in [0.4, 0.5) is 5.13 Å². The molecule has 160 valence electrons. The molecule has 0 spiro atoms. The Hall–Kier alpha value is -3.04. The van der Waals surface area contributed by atoms with E-state index in [2.05, 4.69) is 10.3 Å². The Bertz CT molecular complexity index is 1270. The van der Waals surface area contributed by atoms with Gasteiger partial charge in [-0.15, -0.1) is 0 Å². The summed E-state index contributed by atoms with van der Waals surface area (Å²) in [5, 5.41) is 5.18. The van der Waals surface area contributed by atoms with Crippen molar-refractivity contribution in [2.24, 2.45) is 0 Å². The Morgan fingerprint density at radius 3 is 2.52 bits per heavy atom. The summed E-state index contributed by atoms with van der Waals surface area (Å²) in [7, 11) is 4.82. The molecule has 0 saturated heterocycles. The summed E-state index contributed by atoms with van der Waals surface area (Å²) in [5.74, 6) is 2.13. The lowest BCUT2D eigenvalue weighted by atomic mass is 10.1. The predicted molar refractivity (Wildman–Crippen MR) is 125 cm³/mol. The largest absolute Gasteiger partial charge is 0.497 e. The van der Waals surface area contributed by atoms with Crippen LogP contribution >= 0.6 is 23.1 Å². The molecule has 2 heterocycles. The van der Waals surface area contributed by atoms with Gasteiger partial charge >= 0.3 is 0 Å². The lowest BCUT2D eigenvalue weighted by molar-refractivity contribution is -0.113. The first-order valence-corrected chi connectivity index (χ1v) is 11.2. The third-order valence-corrected chi connectivity index (χ3v) is 6.67. The number of anilines is 1. The van der Waals surface area contributed by atoms with Gasteiger partial charge in [0.2, 0.25) is 5.91 Å². The van der Waals surface area contributed by atoms with Crippen molar-refractivity contribution in [1.29, 1.82) is 0 Å². The van der Waals surface area contributed by atoms with Gasteiger partial charge in [-0.2, -0.15) is 0 Å². The lowest BCUT2D eigenvalue weighted by Crippen LogP contribution is -2.14. The van der Waals surface area contributed by atoms with E-state index in [9.17, 15) is 4.79 Å². The number of carbonyl (C=O) groups excluding carboxylic acids is 1. The smallest absolute Gasteiger partial charge is 0.236 e. The van der Waals surface area contributed by atoms with Crippen LogP contribution in [0.1, 0.15) is 5.56 Å². The minimum atomic E-state index is -0.135. The van der Waals surface area contributed by atoms with E-state index in [1.165, 1.54) is 23.1 Å². The number of pyridine rings is 1. The number of methoxy groups -OCH3 is 3. The molecule has 2 aromatic heterocycles. The molecule has 0 atom stereocenters. The predicted octanol–water partition coefficient (Wildman–Crippen LogP) is 4.91. The molecule has 1 N–H and O–H groups in total. The van der Waals surface area contributed by atoms with Crippen molar-refractivity contribution in [2.75, 3.05) is 32.4 Å². The minimum absolute atomic E-state index is 0.135. The number of amides is 1. The second kappa shape index (κ2) is 8.99. The fourth-order valence-corrected chi connectivity index (χ4v) is 4.81. The van der Waals surface area contributed by atoms with Crippen molar-refractivity contribution >= 4 is 55.3 Å². The van der Waals surface area contributed by atoms with Crippen LogP contribution in [0.15, 0.2) is 41.4 Å². The number of fused-ring (bicyclic) bond motifs is 2. The molecule has 0 aliphatic rings. The van der Waals surface area contributed by atoms with Gasteiger partial charge in [-0.3, -0.25) is 4.79 Å². The van der Waals surface area contributed by atoms with Crippen molar-refractivity contribution < 1.29 is 19.0 Å².